The van der Waals surface area contributed by atoms with Crippen LogP contribution < -0.4 is 14.8 Å². The van der Waals surface area contributed by atoms with Gasteiger partial charge in [0.1, 0.15) is 11.5 Å². The smallest absolute Gasteiger partial charge is 0.143 e. The van der Waals surface area contributed by atoms with Crippen LogP contribution in [-0.4, -0.2) is 32.8 Å². The molecule has 0 spiro atoms. The molecule has 0 fully saturated rings. The maximum Gasteiger partial charge on any atom is 0.143 e. The van der Waals surface area contributed by atoms with E-state index in [9.17, 15) is 0 Å². The molecule has 1 aromatic carbocycles. The molecule has 0 aliphatic rings. The number of thioether (sulfide) groups is 1. The Morgan fingerprint density at radius 2 is 1.94 bits per heavy atom. The number of hydrogen-bond donors (Lipinski definition) is 2. The van der Waals surface area contributed by atoms with Crippen LogP contribution in [0.15, 0.2) is 17.0 Å². The van der Waals surface area contributed by atoms with Crippen LogP contribution in [0.2, 0.25) is 0 Å². The third-order valence-corrected chi connectivity index (χ3v) is 3.12. The first kappa shape index (κ1) is 13.4. The molecule has 0 aromatic heterocycles. The van der Waals surface area contributed by atoms with Gasteiger partial charge in [-0.05, 0) is 12.3 Å². The lowest BCUT2D eigenvalue weighted by Gasteiger charge is -2.14. The Morgan fingerprint density at radius 1 is 1.25 bits per heavy atom. The number of hydrogen-bond acceptors (Lipinski definition) is 5. The fraction of sp³-hybridized carbons (Fsp3) is 0.455. The predicted octanol–water partition coefficient (Wildman–Crippen LogP) is 2.77. The molecular weight excluding hydrogens is 242 g/mol. The molecule has 0 atom stereocenters. The van der Waals surface area contributed by atoms with Crippen LogP contribution in [0.1, 0.15) is 0 Å². The number of methoxy groups -OCH3 is 2. The van der Waals surface area contributed by atoms with E-state index < -0.39 is 0 Å². The third-order valence-electron chi connectivity index (χ3n) is 2.13. The number of benzene rings is 1. The fourth-order valence-corrected chi connectivity index (χ4v) is 2.04. The lowest BCUT2D eigenvalue weighted by Crippen LogP contribution is -2.04. The van der Waals surface area contributed by atoms with E-state index in [4.69, 9.17) is 9.47 Å². The lowest BCUT2D eigenvalue weighted by atomic mass is 10.2. The van der Waals surface area contributed by atoms with Crippen LogP contribution in [0.5, 0.6) is 11.5 Å². The topological polar surface area (TPSA) is 30.5 Å². The van der Waals surface area contributed by atoms with Crippen molar-refractivity contribution in [3.63, 3.8) is 0 Å². The zero-order valence-corrected chi connectivity index (χ0v) is 11.5. The summed E-state index contributed by atoms with van der Waals surface area (Å²) in [5, 5.41) is 3.25. The van der Waals surface area contributed by atoms with Crippen molar-refractivity contribution in [2.24, 2.45) is 0 Å². The molecule has 0 amide bonds. The largest absolute Gasteiger partial charge is 0.496 e. The summed E-state index contributed by atoms with van der Waals surface area (Å²) in [6, 6.07) is 3.93. The number of nitrogens with one attached hydrogen (secondary N) is 1. The first-order valence-electron chi connectivity index (χ1n) is 4.91. The standard InChI is InChI=1S/C11H17NO2S2/c1-13-9-7-11(16-3)10(14-2)6-8(9)12-4-5-15/h6-7,12,15H,4-5H2,1-3H3. The van der Waals surface area contributed by atoms with Gasteiger partial charge in [-0.1, -0.05) is 0 Å². The van der Waals surface area contributed by atoms with Crippen LogP contribution in [0.25, 0.3) is 0 Å². The fourth-order valence-electron chi connectivity index (χ4n) is 1.36. The Labute approximate surface area is 106 Å². The Morgan fingerprint density at radius 3 is 2.44 bits per heavy atom. The van der Waals surface area contributed by atoms with E-state index in [-0.39, 0.29) is 0 Å². The normalized spacial score (nSPS) is 10.0. The van der Waals surface area contributed by atoms with Crippen molar-refractivity contribution in [1.29, 1.82) is 0 Å². The van der Waals surface area contributed by atoms with Gasteiger partial charge < -0.3 is 14.8 Å². The minimum atomic E-state index is 0.774. The van der Waals surface area contributed by atoms with Gasteiger partial charge in [-0.3, -0.25) is 0 Å². The Hall–Kier alpha value is -0.680. The highest BCUT2D eigenvalue weighted by Gasteiger charge is 2.09. The second kappa shape index (κ2) is 6.81. The SMILES string of the molecule is COc1cc(SC)c(OC)cc1NCCS. The summed E-state index contributed by atoms with van der Waals surface area (Å²) in [5.41, 5.74) is 0.936. The number of rotatable bonds is 6. The maximum absolute atomic E-state index is 5.33. The van der Waals surface area contributed by atoms with Gasteiger partial charge in [-0.15, -0.1) is 11.8 Å². The van der Waals surface area contributed by atoms with E-state index in [0.29, 0.717) is 0 Å². The summed E-state index contributed by atoms with van der Waals surface area (Å²) in [6.07, 6.45) is 2.01. The van der Waals surface area contributed by atoms with Gasteiger partial charge in [-0.2, -0.15) is 12.6 Å². The summed E-state index contributed by atoms with van der Waals surface area (Å²) >= 11 is 5.80. The molecule has 0 unspecified atom stereocenters. The van der Waals surface area contributed by atoms with E-state index in [1.807, 2.05) is 18.4 Å². The van der Waals surface area contributed by atoms with E-state index in [0.717, 1.165) is 34.4 Å². The van der Waals surface area contributed by atoms with Gasteiger partial charge in [0.15, 0.2) is 0 Å². The molecule has 0 saturated heterocycles. The highest BCUT2D eigenvalue weighted by Crippen LogP contribution is 2.37. The second-order valence-electron chi connectivity index (χ2n) is 3.06. The minimum Gasteiger partial charge on any atom is -0.496 e. The van der Waals surface area contributed by atoms with Crippen LogP contribution in [0, 0.1) is 0 Å². The molecular formula is C11H17NO2S2. The summed E-state index contributed by atoms with van der Waals surface area (Å²) in [4.78, 5) is 1.07. The molecule has 0 bridgehead atoms. The summed E-state index contributed by atoms with van der Waals surface area (Å²) in [5.74, 6) is 2.46. The van der Waals surface area contributed by atoms with Gasteiger partial charge in [0.05, 0.1) is 24.8 Å². The number of thiol groups is 1. The van der Waals surface area contributed by atoms with Gasteiger partial charge in [-0.25, -0.2) is 0 Å². The predicted molar refractivity (Wildman–Crippen MR) is 73.7 cm³/mol. The highest BCUT2D eigenvalue weighted by atomic mass is 32.2. The highest BCUT2D eigenvalue weighted by molar-refractivity contribution is 7.98. The molecule has 0 radical (unpaired) electrons. The average Bonchev–Trinajstić information content (AvgIpc) is 2.35. The molecule has 0 aliphatic heterocycles. The lowest BCUT2D eigenvalue weighted by molar-refractivity contribution is 0.395. The average molecular weight is 259 g/mol. The molecule has 1 aromatic rings. The summed E-state index contributed by atoms with van der Waals surface area (Å²) < 4.78 is 10.6. The quantitative estimate of drug-likeness (QED) is 0.607. The van der Waals surface area contributed by atoms with E-state index >= 15 is 0 Å². The van der Waals surface area contributed by atoms with Gasteiger partial charge in [0.2, 0.25) is 0 Å². The van der Waals surface area contributed by atoms with Crippen molar-refractivity contribution in [3.8, 4) is 11.5 Å². The Kier molecular flexibility index (Phi) is 5.69. The molecule has 0 heterocycles. The van der Waals surface area contributed by atoms with Crippen molar-refractivity contribution < 1.29 is 9.47 Å². The third kappa shape index (κ3) is 3.15. The van der Waals surface area contributed by atoms with E-state index in [2.05, 4.69) is 17.9 Å². The van der Waals surface area contributed by atoms with Crippen LogP contribution in [-0.2, 0) is 0 Å². The zero-order valence-electron chi connectivity index (χ0n) is 9.74. The van der Waals surface area contributed by atoms with E-state index in [1.54, 1.807) is 26.0 Å². The van der Waals surface area contributed by atoms with Gasteiger partial charge >= 0.3 is 0 Å². The van der Waals surface area contributed by atoms with Crippen molar-refractivity contribution in [2.45, 2.75) is 4.90 Å². The molecule has 90 valence electrons. The molecule has 0 aliphatic carbocycles. The van der Waals surface area contributed by atoms with Crippen molar-refractivity contribution >= 4 is 30.1 Å². The number of anilines is 1. The van der Waals surface area contributed by atoms with Gasteiger partial charge in [0.25, 0.3) is 0 Å². The number of ether oxygens (including phenoxy) is 2. The maximum atomic E-state index is 5.33. The molecule has 5 heteroatoms. The first-order chi connectivity index (χ1) is 7.76. The van der Waals surface area contributed by atoms with Gasteiger partial charge in [0, 0.05) is 18.4 Å². The monoisotopic (exact) mass is 259 g/mol. The van der Waals surface area contributed by atoms with Crippen molar-refractivity contribution in [2.75, 3.05) is 38.1 Å². The van der Waals surface area contributed by atoms with Crippen molar-refractivity contribution in [1.82, 2.24) is 0 Å². The van der Waals surface area contributed by atoms with E-state index in [1.165, 1.54) is 0 Å². The van der Waals surface area contributed by atoms with Crippen LogP contribution in [0.3, 0.4) is 0 Å². The van der Waals surface area contributed by atoms with Crippen LogP contribution >= 0.6 is 24.4 Å². The zero-order chi connectivity index (χ0) is 12.0. The summed E-state index contributed by atoms with van der Waals surface area (Å²) in [6.45, 7) is 0.793. The summed E-state index contributed by atoms with van der Waals surface area (Å²) in [7, 11) is 3.34. The second-order valence-corrected chi connectivity index (χ2v) is 4.35. The Bertz CT molecular complexity index is 345. The molecule has 0 saturated carbocycles. The van der Waals surface area contributed by atoms with Crippen LogP contribution in [0.4, 0.5) is 5.69 Å². The molecule has 1 N–H and O–H groups in total. The van der Waals surface area contributed by atoms with Crippen molar-refractivity contribution in [3.05, 3.63) is 12.1 Å². The first-order valence-corrected chi connectivity index (χ1v) is 6.77. The molecule has 16 heavy (non-hydrogen) atoms. The Balaban J connectivity index is 3.05. The minimum absolute atomic E-state index is 0.774. The molecule has 1 rings (SSSR count). The molecule has 3 nitrogen and oxygen atoms in total.